The summed E-state index contributed by atoms with van der Waals surface area (Å²) in [6, 6.07) is 0. The highest BCUT2D eigenvalue weighted by molar-refractivity contribution is 5.73. The van der Waals surface area contributed by atoms with Gasteiger partial charge < -0.3 is 0 Å². The Morgan fingerprint density at radius 2 is 1.56 bits per heavy atom. The smallest absolute Gasteiger partial charge is 0.228 e. The first kappa shape index (κ1) is 15.4. The highest BCUT2D eigenvalue weighted by atomic mass is 16.1. The second-order valence-corrected chi connectivity index (χ2v) is 4.67. The first-order valence-electron chi connectivity index (χ1n) is 6.83. The van der Waals surface area contributed by atoms with Crippen LogP contribution in [0.3, 0.4) is 0 Å². The lowest BCUT2D eigenvalue weighted by molar-refractivity contribution is 0.465. The summed E-state index contributed by atoms with van der Waals surface area (Å²) >= 11 is 0. The van der Waals surface area contributed by atoms with Crippen molar-refractivity contribution in [1.29, 1.82) is 0 Å². The fourth-order valence-corrected chi connectivity index (χ4v) is 2.02. The van der Waals surface area contributed by atoms with E-state index in [-0.39, 0.29) is 0 Å². The Labute approximate surface area is 101 Å². The lowest BCUT2D eigenvalue weighted by Gasteiger charge is -2.15. The molecule has 0 fully saturated rings. The minimum Gasteiger partial charge on any atom is -0.285 e. The molecule has 0 spiro atoms. The van der Waals surface area contributed by atoms with E-state index in [0.717, 1.165) is 12.8 Å². The van der Waals surface area contributed by atoms with Crippen molar-refractivity contribution in [3.05, 3.63) is 12.2 Å². The van der Waals surface area contributed by atoms with Crippen LogP contribution in [0, 0.1) is 5.92 Å². The number of hydrogen-bond acceptors (Lipinski definition) is 1. The maximum Gasteiger partial charge on any atom is 0.228 e. The molecule has 0 saturated carbocycles. The van der Waals surface area contributed by atoms with Crippen molar-refractivity contribution in [2.45, 2.75) is 71.6 Å². The zero-order chi connectivity index (χ0) is 12.2. The van der Waals surface area contributed by atoms with Crippen LogP contribution in [0.25, 0.3) is 0 Å². The van der Waals surface area contributed by atoms with E-state index in [0.29, 0.717) is 11.5 Å². The first-order valence-corrected chi connectivity index (χ1v) is 6.83. The van der Waals surface area contributed by atoms with Gasteiger partial charge in [0, 0.05) is 0 Å². The van der Waals surface area contributed by atoms with E-state index in [1.807, 2.05) is 6.29 Å². The second kappa shape index (κ2) is 10.9. The van der Waals surface area contributed by atoms with Crippen LogP contribution in [0.15, 0.2) is 12.2 Å². The SMILES string of the molecule is C=C([C]=O)C(CCCC)CCCCCCC. The van der Waals surface area contributed by atoms with Gasteiger partial charge >= 0.3 is 0 Å². The van der Waals surface area contributed by atoms with Crippen molar-refractivity contribution in [3.8, 4) is 0 Å². The van der Waals surface area contributed by atoms with Gasteiger partial charge in [-0.2, -0.15) is 0 Å². The molecule has 0 rings (SSSR count). The van der Waals surface area contributed by atoms with Gasteiger partial charge in [0.2, 0.25) is 6.29 Å². The predicted octanol–water partition coefficient (Wildman–Crippen LogP) is 4.82. The van der Waals surface area contributed by atoms with Gasteiger partial charge in [-0.15, -0.1) is 0 Å². The molecule has 0 aromatic carbocycles. The third kappa shape index (κ3) is 7.67. The number of rotatable bonds is 11. The minimum absolute atomic E-state index is 0.388. The number of hydrogen-bond donors (Lipinski definition) is 0. The largest absolute Gasteiger partial charge is 0.285 e. The third-order valence-corrected chi connectivity index (χ3v) is 3.19. The number of allylic oxidation sites excluding steroid dienone is 1. The maximum absolute atomic E-state index is 10.6. The van der Waals surface area contributed by atoms with Crippen molar-refractivity contribution < 1.29 is 4.79 Å². The lowest BCUT2D eigenvalue weighted by atomic mass is 9.90. The number of carbonyl (C=O) groups excluding carboxylic acids is 1. The summed E-state index contributed by atoms with van der Waals surface area (Å²) in [7, 11) is 0. The third-order valence-electron chi connectivity index (χ3n) is 3.19. The zero-order valence-electron chi connectivity index (χ0n) is 11.1. The van der Waals surface area contributed by atoms with Crippen molar-refractivity contribution in [3.63, 3.8) is 0 Å². The average Bonchev–Trinajstić information content (AvgIpc) is 2.31. The van der Waals surface area contributed by atoms with E-state index in [4.69, 9.17) is 0 Å². The van der Waals surface area contributed by atoms with E-state index in [9.17, 15) is 4.79 Å². The lowest BCUT2D eigenvalue weighted by Crippen LogP contribution is -2.05. The molecule has 1 radical (unpaired) electrons. The normalized spacial score (nSPS) is 12.4. The Morgan fingerprint density at radius 1 is 1.00 bits per heavy atom. The van der Waals surface area contributed by atoms with Gasteiger partial charge in [0.15, 0.2) is 0 Å². The monoisotopic (exact) mass is 223 g/mol. The molecule has 0 aliphatic heterocycles. The molecule has 0 aliphatic carbocycles. The van der Waals surface area contributed by atoms with Gasteiger partial charge in [0.25, 0.3) is 0 Å². The Bertz CT molecular complexity index is 184. The zero-order valence-corrected chi connectivity index (χ0v) is 11.1. The van der Waals surface area contributed by atoms with Crippen LogP contribution in [-0.2, 0) is 4.79 Å². The van der Waals surface area contributed by atoms with Gasteiger partial charge in [-0.05, 0) is 24.3 Å². The van der Waals surface area contributed by atoms with E-state index >= 15 is 0 Å². The Hall–Kier alpha value is -0.590. The quantitative estimate of drug-likeness (QED) is 0.362. The van der Waals surface area contributed by atoms with Crippen LogP contribution in [-0.4, -0.2) is 6.29 Å². The van der Waals surface area contributed by atoms with Crippen molar-refractivity contribution in [2.75, 3.05) is 0 Å². The van der Waals surface area contributed by atoms with E-state index < -0.39 is 0 Å². The van der Waals surface area contributed by atoms with Gasteiger partial charge in [0.05, 0.1) is 0 Å². The molecule has 16 heavy (non-hydrogen) atoms. The number of unbranched alkanes of at least 4 members (excludes halogenated alkanes) is 5. The van der Waals surface area contributed by atoms with E-state index in [2.05, 4.69) is 20.4 Å². The molecule has 1 nitrogen and oxygen atoms in total. The van der Waals surface area contributed by atoms with Crippen LogP contribution in [0.4, 0.5) is 0 Å². The molecule has 0 amide bonds. The topological polar surface area (TPSA) is 17.1 Å². The van der Waals surface area contributed by atoms with Crippen molar-refractivity contribution in [1.82, 2.24) is 0 Å². The van der Waals surface area contributed by atoms with Gasteiger partial charge in [-0.1, -0.05) is 65.4 Å². The predicted molar refractivity (Wildman–Crippen MR) is 71.2 cm³/mol. The van der Waals surface area contributed by atoms with Gasteiger partial charge in [-0.25, -0.2) is 0 Å². The van der Waals surface area contributed by atoms with E-state index in [1.165, 1.54) is 44.9 Å². The fraction of sp³-hybridized carbons (Fsp3) is 0.800. The van der Waals surface area contributed by atoms with Gasteiger partial charge in [0.1, 0.15) is 0 Å². The molecular weight excluding hydrogens is 196 g/mol. The molecule has 0 N–H and O–H groups in total. The molecule has 0 aromatic rings. The molecule has 0 aromatic heterocycles. The summed E-state index contributed by atoms with van der Waals surface area (Å²) in [5.41, 5.74) is 0.684. The minimum atomic E-state index is 0.388. The molecule has 1 atom stereocenters. The summed E-state index contributed by atoms with van der Waals surface area (Å²) in [5, 5.41) is 0. The Kier molecular flexibility index (Phi) is 10.5. The second-order valence-electron chi connectivity index (χ2n) is 4.67. The Morgan fingerprint density at radius 3 is 2.12 bits per heavy atom. The van der Waals surface area contributed by atoms with Crippen molar-refractivity contribution >= 4 is 6.29 Å². The Balaban J connectivity index is 3.73. The van der Waals surface area contributed by atoms with Crippen LogP contribution in [0.5, 0.6) is 0 Å². The summed E-state index contributed by atoms with van der Waals surface area (Å²) < 4.78 is 0. The molecule has 1 unspecified atom stereocenters. The van der Waals surface area contributed by atoms with Crippen LogP contribution in [0.2, 0.25) is 0 Å². The molecular formula is C15H27O. The van der Waals surface area contributed by atoms with Crippen LogP contribution in [0.1, 0.15) is 71.6 Å². The molecule has 0 aliphatic rings. The van der Waals surface area contributed by atoms with Crippen molar-refractivity contribution in [2.24, 2.45) is 5.92 Å². The summed E-state index contributed by atoms with van der Waals surface area (Å²) in [6.07, 6.45) is 13.1. The molecule has 93 valence electrons. The molecule has 1 heteroatoms. The summed E-state index contributed by atoms with van der Waals surface area (Å²) in [6.45, 7) is 8.23. The van der Waals surface area contributed by atoms with Crippen LogP contribution < -0.4 is 0 Å². The summed E-state index contributed by atoms with van der Waals surface area (Å²) in [5.74, 6) is 0.388. The average molecular weight is 223 g/mol. The maximum atomic E-state index is 10.6. The highest BCUT2D eigenvalue weighted by Crippen LogP contribution is 2.22. The van der Waals surface area contributed by atoms with Gasteiger partial charge in [-0.3, -0.25) is 4.79 Å². The fourth-order valence-electron chi connectivity index (χ4n) is 2.02. The molecule has 0 bridgehead atoms. The van der Waals surface area contributed by atoms with E-state index in [1.54, 1.807) is 0 Å². The summed E-state index contributed by atoms with van der Waals surface area (Å²) in [4.78, 5) is 10.6. The van der Waals surface area contributed by atoms with Crippen LogP contribution >= 0.6 is 0 Å². The standard InChI is InChI=1S/C15H27O/c1-4-6-8-9-10-12-15(11-7-5-2)14(3)13-16/h15H,3-12H2,1-2H3. The molecule has 0 heterocycles. The first-order chi connectivity index (χ1) is 7.76. The molecule has 0 saturated heterocycles. The highest BCUT2D eigenvalue weighted by Gasteiger charge is 2.11.